The van der Waals surface area contributed by atoms with E-state index >= 15 is 0 Å². The van der Waals surface area contributed by atoms with Crippen LogP contribution < -0.4 is 0 Å². The van der Waals surface area contributed by atoms with E-state index in [-0.39, 0.29) is 13.2 Å². The Bertz CT molecular complexity index is 332. The normalized spacial score (nSPS) is 11.7. The fourth-order valence-corrected chi connectivity index (χ4v) is 2.34. The summed E-state index contributed by atoms with van der Waals surface area (Å²) in [4.78, 5) is 9.79. The molecule has 0 aliphatic rings. The Morgan fingerprint density at radius 2 is 1.29 bits per heavy atom. The van der Waals surface area contributed by atoms with Crippen molar-refractivity contribution in [3.8, 4) is 0 Å². The van der Waals surface area contributed by atoms with E-state index in [1.165, 1.54) is 51.4 Å². The molecule has 0 aromatic heterocycles. The molecule has 0 aliphatic carbocycles. The van der Waals surface area contributed by atoms with Gasteiger partial charge in [0, 0.05) is 6.61 Å². The van der Waals surface area contributed by atoms with Crippen LogP contribution in [0.5, 0.6) is 0 Å². The minimum Gasteiger partial charge on any atom is -0.379 e. The third-order valence-electron chi connectivity index (χ3n) is 3.19. The van der Waals surface area contributed by atoms with E-state index in [2.05, 4.69) is 11.1 Å². The van der Waals surface area contributed by atoms with E-state index < -0.39 is 10.3 Å². The van der Waals surface area contributed by atoms with Crippen LogP contribution in [0, 0.1) is 4.91 Å². The summed E-state index contributed by atoms with van der Waals surface area (Å²) in [5.74, 6) is 0. The van der Waals surface area contributed by atoms with Gasteiger partial charge in [0.05, 0.1) is 17.8 Å². The zero-order valence-electron chi connectivity index (χ0n) is 13.1. The zero-order valence-corrected chi connectivity index (χ0v) is 13.9. The summed E-state index contributed by atoms with van der Waals surface area (Å²) in [6.45, 7) is 2.82. The van der Waals surface area contributed by atoms with Crippen molar-refractivity contribution < 1.29 is 17.3 Å². The van der Waals surface area contributed by atoms with Crippen molar-refractivity contribution in [2.45, 2.75) is 71.1 Å². The van der Waals surface area contributed by atoms with Gasteiger partial charge in [0.25, 0.3) is 0 Å². The highest BCUT2D eigenvalue weighted by Gasteiger charge is 2.08. The Hall–Kier alpha value is -0.530. The molecular formula is C14H29NO5S. The number of nitrogens with zero attached hydrogens (tertiary/aromatic N) is 1. The molecule has 0 saturated carbocycles. The van der Waals surface area contributed by atoms with Crippen molar-refractivity contribution in [3.05, 3.63) is 4.91 Å². The molecule has 6 nitrogen and oxygen atoms in total. The second-order valence-electron chi connectivity index (χ2n) is 5.12. The van der Waals surface area contributed by atoms with Crippen molar-refractivity contribution in [2.24, 2.45) is 4.58 Å². The number of rotatable bonds is 16. The van der Waals surface area contributed by atoms with Gasteiger partial charge in [-0.1, -0.05) is 64.7 Å². The summed E-state index contributed by atoms with van der Waals surface area (Å²) in [7, 11) is -4.25. The predicted molar refractivity (Wildman–Crippen MR) is 83.3 cm³/mol. The van der Waals surface area contributed by atoms with Crippen molar-refractivity contribution >= 4 is 10.3 Å². The lowest BCUT2D eigenvalue weighted by atomic mass is 10.1. The molecule has 0 N–H and O–H groups in total. The highest BCUT2D eigenvalue weighted by atomic mass is 32.2. The predicted octanol–water partition coefficient (Wildman–Crippen LogP) is 3.95. The third kappa shape index (κ3) is 15.7. The lowest BCUT2D eigenvalue weighted by molar-refractivity contribution is 0.0990. The largest absolute Gasteiger partial charge is 0.415 e. The average Bonchev–Trinajstić information content (AvgIpc) is 2.47. The molecule has 0 fully saturated rings. The third-order valence-corrected chi connectivity index (χ3v) is 3.84. The summed E-state index contributed by atoms with van der Waals surface area (Å²) < 4.78 is 32.4. The first-order valence-corrected chi connectivity index (χ1v) is 9.30. The maximum atomic E-state index is 10.6. The zero-order chi connectivity index (χ0) is 15.8. The quantitative estimate of drug-likeness (QED) is 0.317. The molecule has 0 heterocycles. The molecule has 7 heteroatoms. The van der Waals surface area contributed by atoms with Gasteiger partial charge in [-0.3, -0.25) is 0 Å². The molecule has 0 radical (unpaired) electrons. The molecule has 0 saturated heterocycles. The summed E-state index contributed by atoms with van der Waals surface area (Å²) in [5.41, 5.74) is 0. The first kappa shape index (κ1) is 20.5. The fourth-order valence-electron chi connectivity index (χ4n) is 2.01. The Labute approximate surface area is 128 Å². The van der Waals surface area contributed by atoms with Gasteiger partial charge in [-0.25, -0.2) is 4.18 Å². The SMILES string of the molecule is CCCCCCCCCCCCOCCOS(=O)(=O)N=O. The lowest BCUT2D eigenvalue weighted by Gasteiger charge is -2.04. The van der Waals surface area contributed by atoms with Crippen LogP contribution in [0.1, 0.15) is 71.1 Å². The number of nitroso groups, excluding NO2 is 1. The summed E-state index contributed by atoms with van der Waals surface area (Å²) in [6, 6.07) is 0. The summed E-state index contributed by atoms with van der Waals surface area (Å²) in [5, 5.41) is 0. The van der Waals surface area contributed by atoms with E-state index in [0.717, 1.165) is 12.8 Å². The molecule has 0 aromatic carbocycles. The van der Waals surface area contributed by atoms with Crippen LogP contribution in [0.15, 0.2) is 4.58 Å². The average molecular weight is 323 g/mol. The standard InChI is InChI=1S/C14H29NO5S/c1-2-3-4-5-6-7-8-9-10-11-12-19-13-14-20-21(17,18)15-16/h2-14H2,1H3. The Kier molecular flexibility index (Phi) is 14.0. The maximum absolute atomic E-state index is 10.6. The monoisotopic (exact) mass is 323 g/mol. The Balaban J connectivity index is 3.11. The summed E-state index contributed by atoms with van der Waals surface area (Å²) in [6.07, 6.45) is 12.6. The molecule has 0 atom stereocenters. The van der Waals surface area contributed by atoms with Gasteiger partial charge in [-0.2, -0.15) is 8.42 Å². The van der Waals surface area contributed by atoms with Crippen LogP contribution in [0.25, 0.3) is 0 Å². The van der Waals surface area contributed by atoms with Crippen molar-refractivity contribution in [2.75, 3.05) is 19.8 Å². The van der Waals surface area contributed by atoms with Crippen LogP contribution in [0.3, 0.4) is 0 Å². The van der Waals surface area contributed by atoms with Gasteiger partial charge in [0.1, 0.15) is 0 Å². The molecule has 0 amide bonds. The van der Waals surface area contributed by atoms with Gasteiger partial charge in [-0.05, 0) is 6.42 Å². The highest BCUT2D eigenvalue weighted by Crippen LogP contribution is 2.10. The van der Waals surface area contributed by atoms with Gasteiger partial charge < -0.3 is 4.74 Å². The van der Waals surface area contributed by atoms with Gasteiger partial charge in [0.2, 0.25) is 0 Å². The van der Waals surface area contributed by atoms with Crippen molar-refractivity contribution in [1.29, 1.82) is 0 Å². The van der Waals surface area contributed by atoms with Crippen molar-refractivity contribution in [3.63, 3.8) is 0 Å². The molecule has 0 unspecified atom stereocenters. The maximum Gasteiger partial charge on any atom is 0.415 e. The van der Waals surface area contributed by atoms with Crippen LogP contribution >= 0.6 is 0 Å². The Morgan fingerprint density at radius 3 is 1.81 bits per heavy atom. The molecule has 0 aromatic rings. The topological polar surface area (TPSA) is 82.0 Å². The van der Waals surface area contributed by atoms with E-state index in [9.17, 15) is 13.3 Å². The Morgan fingerprint density at radius 1 is 0.762 bits per heavy atom. The minimum atomic E-state index is -4.25. The molecular weight excluding hydrogens is 294 g/mol. The fraction of sp³-hybridized carbons (Fsp3) is 1.00. The first-order chi connectivity index (χ1) is 10.1. The first-order valence-electron chi connectivity index (χ1n) is 7.94. The highest BCUT2D eigenvalue weighted by molar-refractivity contribution is 7.85. The van der Waals surface area contributed by atoms with Crippen LogP contribution in [-0.4, -0.2) is 28.2 Å². The molecule has 126 valence electrons. The van der Waals surface area contributed by atoms with Gasteiger partial charge in [0.15, 0.2) is 0 Å². The molecule has 21 heavy (non-hydrogen) atoms. The number of hydrogen-bond donors (Lipinski definition) is 0. The molecule has 0 spiro atoms. The van der Waals surface area contributed by atoms with Gasteiger partial charge >= 0.3 is 10.3 Å². The van der Waals surface area contributed by atoms with Crippen LogP contribution in [-0.2, 0) is 19.2 Å². The second-order valence-corrected chi connectivity index (χ2v) is 6.36. The van der Waals surface area contributed by atoms with E-state index in [1.54, 1.807) is 0 Å². The van der Waals surface area contributed by atoms with Crippen LogP contribution in [0.4, 0.5) is 0 Å². The molecule has 0 bridgehead atoms. The van der Waals surface area contributed by atoms with E-state index in [4.69, 9.17) is 4.74 Å². The van der Waals surface area contributed by atoms with Crippen LogP contribution in [0.2, 0.25) is 0 Å². The van der Waals surface area contributed by atoms with E-state index in [0.29, 0.717) is 6.61 Å². The molecule has 0 rings (SSSR count). The summed E-state index contributed by atoms with van der Waals surface area (Å²) >= 11 is 0. The number of hydrogen-bond acceptors (Lipinski definition) is 5. The lowest BCUT2D eigenvalue weighted by Crippen LogP contribution is -2.09. The molecule has 0 aliphatic heterocycles. The number of ether oxygens (including phenoxy) is 1. The van der Waals surface area contributed by atoms with Gasteiger partial charge in [-0.15, -0.1) is 4.91 Å². The smallest absolute Gasteiger partial charge is 0.379 e. The van der Waals surface area contributed by atoms with E-state index in [1.807, 2.05) is 4.58 Å². The van der Waals surface area contributed by atoms with Crippen molar-refractivity contribution in [1.82, 2.24) is 0 Å². The minimum absolute atomic E-state index is 0.159. The second kappa shape index (κ2) is 14.4. The number of unbranched alkanes of at least 4 members (excludes halogenated alkanes) is 9.